The van der Waals surface area contributed by atoms with E-state index in [0.717, 1.165) is 5.56 Å². The van der Waals surface area contributed by atoms with Crippen LogP contribution in [0.5, 0.6) is 0 Å². The summed E-state index contributed by atoms with van der Waals surface area (Å²) < 4.78 is 26.1. The third-order valence-electron chi connectivity index (χ3n) is 4.74. The first kappa shape index (κ1) is 17.7. The van der Waals surface area contributed by atoms with Crippen LogP contribution in [0.4, 0.5) is 0 Å². The van der Waals surface area contributed by atoms with E-state index in [-0.39, 0.29) is 18.0 Å². The van der Waals surface area contributed by atoms with Crippen molar-refractivity contribution in [2.45, 2.75) is 16.1 Å². The summed E-state index contributed by atoms with van der Waals surface area (Å²) in [4.78, 5) is 0.174. The van der Waals surface area contributed by atoms with E-state index < -0.39 is 26.4 Å². The van der Waals surface area contributed by atoms with Gasteiger partial charge in [0.05, 0.1) is 16.8 Å². The lowest BCUT2D eigenvalue weighted by atomic mass is 10.0. The Morgan fingerprint density at radius 2 is 1.75 bits per heavy atom. The van der Waals surface area contributed by atoms with Gasteiger partial charge in [0, 0.05) is 27.9 Å². The Morgan fingerprint density at radius 3 is 2.29 bits per heavy atom. The quantitative estimate of drug-likeness (QED) is 0.828. The van der Waals surface area contributed by atoms with E-state index in [9.17, 15) is 13.5 Å². The van der Waals surface area contributed by atoms with Crippen LogP contribution in [0, 0.1) is 5.41 Å². The smallest absolute Gasteiger partial charge is 0.182 e. The summed E-state index contributed by atoms with van der Waals surface area (Å²) >= 11 is 11.9. The number of hydrogen-bond acceptors (Lipinski definition) is 4. The zero-order valence-corrected chi connectivity index (χ0v) is 15.0. The third kappa shape index (κ3) is 2.74. The fraction of sp³-hybridized carbons (Fsp3) is 0.294. The van der Waals surface area contributed by atoms with Crippen LogP contribution in [0.25, 0.3) is 0 Å². The third-order valence-corrected chi connectivity index (χ3v) is 7.56. The van der Waals surface area contributed by atoms with Crippen LogP contribution in [0.3, 0.4) is 0 Å². The fourth-order valence-corrected chi connectivity index (χ4v) is 6.19. The first-order chi connectivity index (χ1) is 11.4. The topological polar surface area (TPSA) is 80.4 Å². The maximum Gasteiger partial charge on any atom is 0.182 e. The molecule has 2 aromatic carbocycles. The van der Waals surface area contributed by atoms with E-state index in [2.05, 4.69) is 0 Å². The zero-order valence-electron chi connectivity index (χ0n) is 12.7. The molecular formula is C17H17Cl2NO3S. The van der Waals surface area contributed by atoms with Gasteiger partial charge in [-0.05, 0) is 42.0 Å². The summed E-state index contributed by atoms with van der Waals surface area (Å²) in [6.45, 7) is -0.240. The molecule has 4 nitrogen and oxygen atoms in total. The molecule has 3 atom stereocenters. The van der Waals surface area contributed by atoms with E-state index in [1.807, 2.05) is 6.07 Å². The molecule has 128 valence electrons. The first-order valence-corrected chi connectivity index (χ1v) is 9.73. The Kier molecular flexibility index (Phi) is 4.66. The van der Waals surface area contributed by atoms with Crippen molar-refractivity contribution in [2.24, 2.45) is 11.1 Å². The molecule has 0 bridgehead atoms. The van der Waals surface area contributed by atoms with Crippen LogP contribution in [0.2, 0.25) is 10.0 Å². The molecule has 3 N–H and O–H groups in total. The standard InChI is InChI=1S/C17H17Cl2NO3S/c18-12-4-6-14(7-5-12)24(22,23)16-15(17(16,9-20)10-21)11-2-1-3-13(19)8-11/h1-8,15-16,21H,9-10,20H2/t15-,16+,17+/m1/s1. The van der Waals surface area contributed by atoms with Gasteiger partial charge in [0.25, 0.3) is 0 Å². The van der Waals surface area contributed by atoms with Crippen LogP contribution in [-0.2, 0) is 9.84 Å². The summed E-state index contributed by atoms with van der Waals surface area (Å²) in [6, 6.07) is 13.0. The molecule has 24 heavy (non-hydrogen) atoms. The molecular weight excluding hydrogens is 369 g/mol. The lowest BCUT2D eigenvalue weighted by Gasteiger charge is -2.12. The molecule has 1 fully saturated rings. The Balaban J connectivity index is 2.06. The van der Waals surface area contributed by atoms with Crippen LogP contribution in [0.15, 0.2) is 53.4 Å². The molecule has 0 unspecified atom stereocenters. The predicted octanol–water partition coefficient (Wildman–Crippen LogP) is 2.87. The maximum atomic E-state index is 13.1. The van der Waals surface area contributed by atoms with Gasteiger partial charge < -0.3 is 10.8 Å². The summed E-state index contributed by atoms with van der Waals surface area (Å²) in [6.07, 6.45) is 0. The molecule has 7 heteroatoms. The minimum atomic E-state index is -3.67. The van der Waals surface area contributed by atoms with Crippen molar-refractivity contribution in [3.8, 4) is 0 Å². The molecule has 0 amide bonds. The van der Waals surface area contributed by atoms with E-state index in [1.54, 1.807) is 18.2 Å². The van der Waals surface area contributed by atoms with Gasteiger partial charge in [-0.2, -0.15) is 0 Å². The van der Waals surface area contributed by atoms with Gasteiger partial charge in [0.1, 0.15) is 0 Å². The monoisotopic (exact) mass is 385 g/mol. The minimum absolute atomic E-state index is 0.0676. The van der Waals surface area contributed by atoms with Gasteiger partial charge in [-0.25, -0.2) is 8.42 Å². The Labute approximate surface area is 151 Å². The second kappa shape index (κ2) is 6.32. The molecule has 3 rings (SSSR count). The lowest BCUT2D eigenvalue weighted by Crippen LogP contribution is -2.27. The second-order valence-electron chi connectivity index (χ2n) is 6.05. The average Bonchev–Trinajstić information content (AvgIpc) is 3.26. The van der Waals surface area contributed by atoms with Gasteiger partial charge >= 0.3 is 0 Å². The lowest BCUT2D eigenvalue weighted by molar-refractivity contribution is 0.212. The highest BCUT2D eigenvalue weighted by Gasteiger charge is 2.70. The highest BCUT2D eigenvalue weighted by molar-refractivity contribution is 7.92. The largest absolute Gasteiger partial charge is 0.396 e. The molecule has 1 aliphatic rings. The Bertz CT molecular complexity index is 848. The van der Waals surface area contributed by atoms with Gasteiger partial charge in [-0.1, -0.05) is 35.3 Å². The van der Waals surface area contributed by atoms with Gasteiger partial charge in [0.15, 0.2) is 9.84 Å². The number of hydrogen-bond donors (Lipinski definition) is 2. The minimum Gasteiger partial charge on any atom is -0.396 e. The predicted molar refractivity (Wildman–Crippen MR) is 95.2 cm³/mol. The highest BCUT2D eigenvalue weighted by atomic mass is 35.5. The zero-order chi connectivity index (χ0) is 17.5. The SMILES string of the molecule is NC[C@]1(CO)[C@H](c2cccc(Cl)c2)[C@@H]1S(=O)(=O)c1ccc(Cl)cc1. The van der Waals surface area contributed by atoms with Crippen molar-refractivity contribution in [1.82, 2.24) is 0 Å². The molecule has 0 saturated heterocycles. The molecule has 1 saturated carbocycles. The number of sulfone groups is 1. The number of halogens is 2. The van der Waals surface area contributed by atoms with E-state index >= 15 is 0 Å². The first-order valence-electron chi connectivity index (χ1n) is 7.42. The number of nitrogens with two attached hydrogens (primary N) is 1. The molecule has 0 spiro atoms. The van der Waals surface area contributed by atoms with Crippen molar-refractivity contribution in [3.05, 3.63) is 64.1 Å². The molecule has 0 aliphatic heterocycles. The average molecular weight is 386 g/mol. The fourth-order valence-electron chi connectivity index (χ4n) is 3.42. The van der Waals surface area contributed by atoms with Crippen LogP contribution in [-0.4, -0.2) is 31.9 Å². The second-order valence-corrected chi connectivity index (χ2v) is 8.99. The molecule has 0 heterocycles. The summed E-state index contributed by atoms with van der Waals surface area (Å²) in [5.41, 5.74) is 5.72. The maximum absolute atomic E-state index is 13.1. The molecule has 1 aliphatic carbocycles. The van der Waals surface area contributed by atoms with Crippen molar-refractivity contribution >= 4 is 33.0 Å². The molecule has 2 aromatic rings. The van der Waals surface area contributed by atoms with E-state index in [1.165, 1.54) is 24.3 Å². The summed E-state index contributed by atoms with van der Waals surface area (Å²) in [5, 5.41) is 10.1. The highest BCUT2D eigenvalue weighted by Crippen LogP contribution is 2.63. The summed E-state index contributed by atoms with van der Waals surface area (Å²) in [7, 11) is -3.67. The molecule has 0 aromatic heterocycles. The Hall–Kier alpha value is -1.11. The van der Waals surface area contributed by atoms with E-state index in [4.69, 9.17) is 28.9 Å². The number of rotatable bonds is 5. The molecule has 0 radical (unpaired) electrons. The van der Waals surface area contributed by atoms with Gasteiger partial charge in [-0.3, -0.25) is 0 Å². The van der Waals surface area contributed by atoms with E-state index in [0.29, 0.717) is 10.0 Å². The number of aliphatic hydroxyl groups excluding tert-OH is 1. The number of aliphatic hydroxyl groups is 1. The van der Waals surface area contributed by atoms with Gasteiger partial charge in [0.2, 0.25) is 0 Å². The van der Waals surface area contributed by atoms with Gasteiger partial charge in [-0.15, -0.1) is 0 Å². The van der Waals surface area contributed by atoms with Crippen molar-refractivity contribution in [3.63, 3.8) is 0 Å². The summed E-state index contributed by atoms with van der Waals surface area (Å²) in [5.74, 6) is -0.396. The van der Waals surface area contributed by atoms with Crippen molar-refractivity contribution < 1.29 is 13.5 Å². The van der Waals surface area contributed by atoms with Crippen molar-refractivity contribution in [1.29, 1.82) is 0 Å². The Morgan fingerprint density at radius 1 is 1.08 bits per heavy atom. The normalized spacial score (nSPS) is 26.3. The van der Waals surface area contributed by atoms with Crippen molar-refractivity contribution in [2.75, 3.05) is 13.2 Å². The number of benzene rings is 2. The van der Waals surface area contributed by atoms with Crippen LogP contribution >= 0.6 is 23.2 Å². The van der Waals surface area contributed by atoms with Crippen LogP contribution < -0.4 is 5.73 Å². The van der Waals surface area contributed by atoms with Crippen LogP contribution in [0.1, 0.15) is 11.5 Å².